The second-order valence-electron chi connectivity index (χ2n) is 9.23. The fourth-order valence-electron chi connectivity index (χ4n) is 4.42. The maximum Gasteiger partial charge on any atom is 0.317 e. The molecule has 1 aromatic carbocycles. The number of hydrogen-bond acceptors (Lipinski definition) is 6. The molecule has 0 spiro atoms. The molecule has 2 amide bonds. The highest BCUT2D eigenvalue weighted by Crippen LogP contribution is 2.30. The fraction of sp³-hybridized carbons (Fsp3) is 0.423. The highest BCUT2D eigenvalue weighted by Gasteiger charge is 2.28. The van der Waals surface area contributed by atoms with E-state index in [0.29, 0.717) is 48.8 Å². The van der Waals surface area contributed by atoms with Gasteiger partial charge in [-0.25, -0.2) is 14.5 Å². The number of pyridine rings is 1. The first kappa shape index (κ1) is 25.2. The van der Waals surface area contributed by atoms with E-state index in [0.717, 1.165) is 24.1 Å². The van der Waals surface area contributed by atoms with Crippen molar-refractivity contribution in [3.05, 3.63) is 59.4 Å². The van der Waals surface area contributed by atoms with Gasteiger partial charge in [-0.15, -0.1) is 5.10 Å². The van der Waals surface area contributed by atoms with Crippen LogP contribution in [0.5, 0.6) is 5.75 Å². The summed E-state index contributed by atoms with van der Waals surface area (Å²) in [4.78, 5) is 30.3. The number of carbonyl (C=O) groups excluding carboxylic acids is 1. The maximum absolute atomic E-state index is 12.7. The Labute approximate surface area is 210 Å². The normalized spacial score (nSPS) is 17.4. The first-order valence-corrected chi connectivity index (χ1v) is 12.1. The van der Waals surface area contributed by atoms with Crippen molar-refractivity contribution in [3.63, 3.8) is 0 Å². The average molecular weight is 493 g/mol. The summed E-state index contributed by atoms with van der Waals surface area (Å²) in [6, 6.07) is 13.2. The first-order chi connectivity index (χ1) is 17.3. The molecule has 3 aromatic rings. The first-order valence-electron chi connectivity index (χ1n) is 12.1. The van der Waals surface area contributed by atoms with Crippen LogP contribution in [0.1, 0.15) is 42.6 Å². The van der Waals surface area contributed by atoms with E-state index in [1.54, 1.807) is 23.7 Å². The van der Waals surface area contributed by atoms with E-state index in [2.05, 4.69) is 20.6 Å². The summed E-state index contributed by atoms with van der Waals surface area (Å²) < 4.78 is 7.77. The number of hydrogen-bond donors (Lipinski definition) is 2. The molecule has 2 atom stereocenters. The Hall–Kier alpha value is -3.95. The summed E-state index contributed by atoms with van der Waals surface area (Å²) in [5.74, 6) is -0.486. The predicted molar refractivity (Wildman–Crippen MR) is 133 cm³/mol. The highest BCUT2D eigenvalue weighted by molar-refractivity contribution is 5.74. The van der Waals surface area contributed by atoms with Gasteiger partial charge in [-0.3, -0.25) is 4.79 Å². The average Bonchev–Trinajstić information content (AvgIpc) is 3.24. The molecule has 36 heavy (non-hydrogen) atoms. The van der Waals surface area contributed by atoms with Gasteiger partial charge in [0.2, 0.25) is 0 Å². The summed E-state index contributed by atoms with van der Waals surface area (Å²) in [5, 5.41) is 20.7. The van der Waals surface area contributed by atoms with E-state index in [1.807, 2.05) is 49.4 Å². The molecule has 2 unspecified atom stereocenters. The molecule has 1 aliphatic rings. The third-order valence-electron chi connectivity index (χ3n) is 6.51. The fourth-order valence-corrected chi connectivity index (χ4v) is 4.42. The minimum absolute atomic E-state index is 0.138. The largest absolute Gasteiger partial charge is 0.489 e. The van der Waals surface area contributed by atoms with E-state index >= 15 is 0 Å². The number of carbonyl (C=O) groups is 2. The minimum Gasteiger partial charge on any atom is -0.489 e. The quantitative estimate of drug-likeness (QED) is 0.493. The Morgan fingerprint density at radius 1 is 1.19 bits per heavy atom. The van der Waals surface area contributed by atoms with Gasteiger partial charge in [0.05, 0.1) is 35.6 Å². The lowest BCUT2D eigenvalue weighted by molar-refractivity contribution is -0.143. The van der Waals surface area contributed by atoms with Gasteiger partial charge in [-0.05, 0) is 50.3 Å². The van der Waals surface area contributed by atoms with Crippen LogP contribution in [0.15, 0.2) is 42.5 Å². The van der Waals surface area contributed by atoms with Crippen LogP contribution in [0.25, 0.3) is 11.4 Å². The summed E-state index contributed by atoms with van der Waals surface area (Å²) in [6.45, 7) is 2.60. The van der Waals surface area contributed by atoms with Gasteiger partial charge in [0.1, 0.15) is 11.4 Å². The van der Waals surface area contributed by atoms with Crippen molar-refractivity contribution in [2.24, 2.45) is 13.0 Å². The molecular weight excluding hydrogens is 460 g/mol. The lowest BCUT2D eigenvalue weighted by Gasteiger charge is -2.27. The van der Waals surface area contributed by atoms with Gasteiger partial charge < -0.3 is 20.1 Å². The number of benzene rings is 1. The standard InChI is InChI=1S/C26H32N6O4/c1-17-23(36-20-11-7-10-19(14-20)25(33)34)13-12-21(28-17)24-22(32(3)30-29-24)16-31(2)26(35)27-15-18-8-5-4-6-9-18/h4-6,8-9,12-13,19-20H,7,10-11,14-16H2,1-3H3,(H,27,35)(H,33,34). The van der Waals surface area contributed by atoms with Crippen molar-refractivity contribution in [1.29, 1.82) is 0 Å². The van der Waals surface area contributed by atoms with Gasteiger partial charge in [-0.2, -0.15) is 0 Å². The lowest BCUT2D eigenvalue weighted by Crippen LogP contribution is -2.36. The van der Waals surface area contributed by atoms with Crippen LogP contribution in [-0.4, -0.2) is 55.1 Å². The van der Waals surface area contributed by atoms with Crippen LogP contribution in [0.3, 0.4) is 0 Å². The summed E-state index contributed by atoms with van der Waals surface area (Å²) in [7, 11) is 3.51. The van der Waals surface area contributed by atoms with Crippen LogP contribution < -0.4 is 10.1 Å². The third-order valence-corrected chi connectivity index (χ3v) is 6.51. The number of carboxylic acids is 1. The van der Waals surface area contributed by atoms with Crippen molar-refractivity contribution in [1.82, 2.24) is 30.2 Å². The van der Waals surface area contributed by atoms with E-state index in [9.17, 15) is 14.7 Å². The Morgan fingerprint density at radius 3 is 2.69 bits per heavy atom. The van der Waals surface area contributed by atoms with Crippen LogP contribution in [0.4, 0.5) is 4.79 Å². The van der Waals surface area contributed by atoms with Gasteiger partial charge in [-0.1, -0.05) is 35.5 Å². The van der Waals surface area contributed by atoms with Crippen LogP contribution in [0.2, 0.25) is 0 Å². The van der Waals surface area contributed by atoms with Crippen LogP contribution in [0, 0.1) is 12.8 Å². The van der Waals surface area contributed by atoms with Crippen LogP contribution in [-0.2, 0) is 24.9 Å². The molecule has 2 aromatic heterocycles. The number of amides is 2. The molecule has 2 heterocycles. The molecule has 1 fully saturated rings. The SMILES string of the molecule is Cc1nc(-c2nnn(C)c2CN(C)C(=O)NCc2ccccc2)ccc1OC1CCCC(C(=O)O)C1. The molecule has 190 valence electrons. The Morgan fingerprint density at radius 2 is 1.97 bits per heavy atom. The number of urea groups is 1. The molecule has 0 saturated heterocycles. The van der Waals surface area contributed by atoms with Gasteiger partial charge in [0, 0.05) is 20.6 Å². The molecule has 1 saturated carbocycles. The van der Waals surface area contributed by atoms with E-state index in [4.69, 9.17) is 4.74 Å². The zero-order chi connectivity index (χ0) is 25.7. The zero-order valence-electron chi connectivity index (χ0n) is 20.8. The number of nitrogens with one attached hydrogen (secondary N) is 1. The molecule has 0 aliphatic heterocycles. The summed E-state index contributed by atoms with van der Waals surface area (Å²) in [6.07, 6.45) is 2.73. The zero-order valence-corrected chi connectivity index (χ0v) is 20.8. The van der Waals surface area contributed by atoms with E-state index in [-0.39, 0.29) is 18.1 Å². The summed E-state index contributed by atoms with van der Waals surface area (Å²) in [5.41, 5.74) is 3.70. The lowest BCUT2D eigenvalue weighted by atomic mass is 9.87. The molecule has 0 bridgehead atoms. The third kappa shape index (κ3) is 5.99. The number of aryl methyl sites for hydroxylation is 2. The second kappa shape index (κ2) is 11.2. The number of carboxylic acid groups (broad SMARTS) is 1. The molecule has 4 rings (SSSR count). The maximum atomic E-state index is 12.7. The molecular formula is C26H32N6O4. The van der Waals surface area contributed by atoms with Crippen molar-refractivity contribution in [2.75, 3.05) is 7.05 Å². The van der Waals surface area contributed by atoms with E-state index in [1.165, 1.54) is 0 Å². The van der Waals surface area contributed by atoms with Gasteiger partial charge >= 0.3 is 12.0 Å². The predicted octanol–water partition coefficient (Wildman–Crippen LogP) is 3.55. The van der Waals surface area contributed by atoms with Crippen molar-refractivity contribution < 1.29 is 19.4 Å². The Balaban J connectivity index is 1.43. The van der Waals surface area contributed by atoms with Crippen molar-refractivity contribution in [2.45, 2.75) is 51.8 Å². The number of ether oxygens (including phenoxy) is 1. The molecule has 10 heteroatoms. The minimum atomic E-state index is -0.762. The number of rotatable bonds is 8. The smallest absolute Gasteiger partial charge is 0.317 e. The molecule has 2 N–H and O–H groups in total. The molecule has 1 aliphatic carbocycles. The van der Waals surface area contributed by atoms with Gasteiger partial charge in [0.25, 0.3) is 0 Å². The van der Waals surface area contributed by atoms with Crippen LogP contribution >= 0.6 is 0 Å². The molecule has 0 radical (unpaired) electrons. The highest BCUT2D eigenvalue weighted by atomic mass is 16.5. The van der Waals surface area contributed by atoms with Crippen molar-refractivity contribution in [3.8, 4) is 17.1 Å². The summed E-state index contributed by atoms with van der Waals surface area (Å²) >= 11 is 0. The Kier molecular flexibility index (Phi) is 7.82. The molecule has 10 nitrogen and oxygen atoms in total. The number of nitrogens with zero attached hydrogens (tertiary/aromatic N) is 5. The topological polar surface area (TPSA) is 122 Å². The van der Waals surface area contributed by atoms with Crippen molar-refractivity contribution >= 4 is 12.0 Å². The second-order valence-corrected chi connectivity index (χ2v) is 9.23. The number of aromatic nitrogens is 4. The number of aliphatic carboxylic acids is 1. The monoisotopic (exact) mass is 492 g/mol. The van der Waals surface area contributed by atoms with Gasteiger partial charge in [0.15, 0.2) is 0 Å². The van der Waals surface area contributed by atoms with E-state index < -0.39 is 5.97 Å². The Bertz CT molecular complexity index is 1210.